The van der Waals surface area contributed by atoms with Crippen LogP contribution in [0.15, 0.2) is 0 Å². The molecule has 5 nitrogen and oxygen atoms in total. The molecule has 0 rings (SSSR count). The number of ether oxygens (including phenoxy) is 1. The molecule has 0 fully saturated rings. The van der Waals surface area contributed by atoms with Gasteiger partial charge in [-0.05, 0) is 20.3 Å². The van der Waals surface area contributed by atoms with Crippen molar-refractivity contribution in [3.8, 4) is 0 Å². The van der Waals surface area contributed by atoms with E-state index < -0.39 is 10.4 Å². The fourth-order valence-electron chi connectivity index (χ4n) is 2.66. The Morgan fingerprint density at radius 1 is 0.630 bits per heavy atom. The molecule has 0 saturated heterocycles. The average Bonchev–Trinajstić information content (AvgIpc) is 2.58. The number of hydrogen-bond acceptors (Lipinski definition) is 5. The Bertz CT molecular complexity index is 348. The Morgan fingerprint density at radius 2 is 0.963 bits per heavy atom. The fraction of sp³-hybridized carbons (Fsp3) is 1.00. The summed E-state index contributed by atoms with van der Waals surface area (Å²) in [5.41, 5.74) is 0. The van der Waals surface area contributed by atoms with Gasteiger partial charge in [-0.2, -0.15) is 0 Å². The number of hydrogen-bond donors (Lipinski definition) is 0. The summed E-state index contributed by atoms with van der Waals surface area (Å²) in [7, 11) is -4.49. The van der Waals surface area contributed by atoms with Crippen molar-refractivity contribution in [2.75, 3.05) is 19.8 Å². The summed E-state index contributed by atoms with van der Waals surface area (Å²) in [6, 6.07) is 0. The predicted molar refractivity (Wildman–Crippen MR) is 108 cm³/mol. The number of unbranched alkanes of at least 4 members (excludes halogenated alkanes) is 13. The van der Waals surface area contributed by atoms with Crippen molar-refractivity contribution < 1.29 is 73.3 Å². The summed E-state index contributed by atoms with van der Waals surface area (Å²) in [5.74, 6) is 0. The van der Waals surface area contributed by atoms with E-state index in [4.69, 9.17) is 4.74 Å². The van der Waals surface area contributed by atoms with Gasteiger partial charge < -0.3 is 9.29 Å². The van der Waals surface area contributed by atoms with E-state index in [-0.39, 0.29) is 58.0 Å². The van der Waals surface area contributed by atoms with Crippen LogP contribution >= 0.6 is 0 Å². The first-order valence-corrected chi connectivity index (χ1v) is 12.0. The third kappa shape index (κ3) is 38.7. The maximum Gasteiger partial charge on any atom is 1.00 e. The largest absolute Gasteiger partial charge is 1.00 e. The zero-order valence-electron chi connectivity index (χ0n) is 18.5. The smallest absolute Gasteiger partial charge is 0.726 e. The molecule has 7 heteroatoms. The molecule has 0 heterocycles. The van der Waals surface area contributed by atoms with Gasteiger partial charge in [0.05, 0.1) is 6.61 Å². The van der Waals surface area contributed by atoms with E-state index in [0.29, 0.717) is 6.42 Å². The second-order valence-corrected chi connectivity index (χ2v) is 7.66. The standard InChI is InChI=1S/C16H34O4S.C4H10O.K/c1-2-3-4-5-6-7-8-9-10-11-12-13-14-15-16-20-21(17,18)19;1-3-5-4-2;/h2-16H2,1H3,(H,17,18,19);3-4H2,1-2H3;/q;;+1/p-1. The van der Waals surface area contributed by atoms with Crippen molar-refractivity contribution in [1.29, 1.82) is 0 Å². The van der Waals surface area contributed by atoms with Gasteiger partial charge in [0.2, 0.25) is 10.4 Å². The van der Waals surface area contributed by atoms with Crippen LogP contribution in [0.4, 0.5) is 0 Å². The molecule has 0 saturated carbocycles. The third-order valence-electron chi connectivity index (χ3n) is 4.13. The molecular formula is C20H43KO5S. The molecule has 0 spiro atoms. The van der Waals surface area contributed by atoms with Gasteiger partial charge in [-0.3, -0.25) is 4.18 Å². The Hall–Kier alpha value is 1.47. The van der Waals surface area contributed by atoms with Gasteiger partial charge in [-0.25, -0.2) is 8.42 Å². The van der Waals surface area contributed by atoms with Crippen molar-refractivity contribution in [1.82, 2.24) is 0 Å². The molecule has 0 amide bonds. The zero-order valence-corrected chi connectivity index (χ0v) is 22.4. The van der Waals surface area contributed by atoms with Crippen molar-refractivity contribution in [3.63, 3.8) is 0 Å². The van der Waals surface area contributed by atoms with E-state index in [0.717, 1.165) is 26.1 Å². The molecule has 0 radical (unpaired) electrons. The monoisotopic (exact) mass is 434 g/mol. The minimum absolute atomic E-state index is 0. The van der Waals surface area contributed by atoms with Crippen LogP contribution in [-0.4, -0.2) is 32.8 Å². The SMILES string of the molecule is CCCCCCCCCCCCCCCCOS(=O)(=O)[O-].CCOCC.[K+]. The minimum Gasteiger partial charge on any atom is -0.726 e. The maximum absolute atomic E-state index is 10.2. The van der Waals surface area contributed by atoms with Crippen LogP contribution in [0.1, 0.15) is 111 Å². The Balaban J connectivity index is -0.000000844. The average molecular weight is 435 g/mol. The van der Waals surface area contributed by atoms with Gasteiger partial charge in [0.1, 0.15) is 0 Å². The molecule has 160 valence electrons. The molecule has 0 aliphatic rings. The summed E-state index contributed by atoms with van der Waals surface area (Å²) < 4.78 is 39.5. The molecule has 0 unspecified atom stereocenters. The molecule has 27 heavy (non-hydrogen) atoms. The van der Waals surface area contributed by atoms with Crippen molar-refractivity contribution >= 4 is 10.4 Å². The molecule has 0 N–H and O–H groups in total. The normalized spacial score (nSPS) is 10.8. The van der Waals surface area contributed by atoms with Gasteiger partial charge >= 0.3 is 51.4 Å². The van der Waals surface area contributed by atoms with Crippen LogP contribution in [0.3, 0.4) is 0 Å². The van der Waals surface area contributed by atoms with E-state index in [9.17, 15) is 13.0 Å². The van der Waals surface area contributed by atoms with Gasteiger partial charge in [0.25, 0.3) is 0 Å². The quantitative estimate of drug-likeness (QED) is 0.143. The van der Waals surface area contributed by atoms with Crippen LogP contribution in [0.25, 0.3) is 0 Å². The minimum atomic E-state index is -4.49. The second kappa shape index (κ2) is 27.5. The van der Waals surface area contributed by atoms with E-state index in [2.05, 4.69) is 11.1 Å². The van der Waals surface area contributed by atoms with Crippen molar-refractivity contribution in [2.45, 2.75) is 111 Å². The second-order valence-electron chi connectivity index (χ2n) is 6.61. The molecule has 0 aliphatic heterocycles. The van der Waals surface area contributed by atoms with Crippen LogP contribution in [0, 0.1) is 0 Å². The number of rotatable bonds is 18. The van der Waals surface area contributed by atoms with Gasteiger partial charge in [0.15, 0.2) is 0 Å². The van der Waals surface area contributed by atoms with Gasteiger partial charge in [-0.15, -0.1) is 0 Å². The molecule has 0 aromatic carbocycles. The summed E-state index contributed by atoms with van der Waals surface area (Å²) in [6.45, 7) is 7.95. The van der Waals surface area contributed by atoms with Crippen LogP contribution in [0.5, 0.6) is 0 Å². The van der Waals surface area contributed by atoms with Gasteiger partial charge in [-0.1, -0.05) is 90.4 Å². The van der Waals surface area contributed by atoms with E-state index in [1.165, 1.54) is 70.6 Å². The van der Waals surface area contributed by atoms with Gasteiger partial charge in [0, 0.05) is 13.2 Å². The van der Waals surface area contributed by atoms with Crippen molar-refractivity contribution in [2.24, 2.45) is 0 Å². The first-order chi connectivity index (χ1) is 12.5. The molecule has 0 aliphatic carbocycles. The zero-order chi connectivity index (χ0) is 19.9. The first kappa shape index (κ1) is 33.1. The molecular weight excluding hydrogens is 391 g/mol. The molecule has 0 atom stereocenters. The third-order valence-corrected chi connectivity index (χ3v) is 4.59. The van der Waals surface area contributed by atoms with E-state index >= 15 is 0 Å². The summed E-state index contributed by atoms with van der Waals surface area (Å²) >= 11 is 0. The fourth-order valence-corrected chi connectivity index (χ4v) is 2.98. The van der Waals surface area contributed by atoms with Crippen molar-refractivity contribution in [3.05, 3.63) is 0 Å². The van der Waals surface area contributed by atoms with Crippen LogP contribution in [0.2, 0.25) is 0 Å². The van der Waals surface area contributed by atoms with E-state index in [1.807, 2.05) is 13.8 Å². The Kier molecular flexibility index (Phi) is 33.7. The molecule has 0 bridgehead atoms. The summed E-state index contributed by atoms with van der Waals surface area (Å²) in [5, 5.41) is 0. The summed E-state index contributed by atoms with van der Waals surface area (Å²) in [6.07, 6.45) is 17.4. The molecule has 0 aromatic rings. The topological polar surface area (TPSA) is 75.7 Å². The van der Waals surface area contributed by atoms with Crippen LogP contribution in [-0.2, 0) is 19.3 Å². The molecule has 0 aromatic heterocycles. The Labute approximate surface area is 212 Å². The Morgan fingerprint density at radius 3 is 1.22 bits per heavy atom. The van der Waals surface area contributed by atoms with E-state index in [1.54, 1.807) is 0 Å². The predicted octanol–water partition coefficient (Wildman–Crippen LogP) is 2.99. The summed E-state index contributed by atoms with van der Waals surface area (Å²) in [4.78, 5) is 0. The van der Waals surface area contributed by atoms with Crippen LogP contribution < -0.4 is 51.4 Å². The first-order valence-electron chi connectivity index (χ1n) is 10.7. The maximum atomic E-state index is 10.2.